The quantitative estimate of drug-likeness (QED) is 0.874. The second-order valence-electron chi connectivity index (χ2n) is 5.96. The molecule has 1 aliphatic rings. The van der Waals surface area contributed by atoms with Crippen LogP contribution in [0.4, 0.5) is 5.69 Å². The summed E-state index contributed by atoms with van der Waals surface area (Å²) in [6.45, 7) is 9.82. The van der Waals surface area contributed by atoms with Crippen molar-refractivity contribution in [1.82, 2.24) is 5.32 Å². The van der Waals surface area contributed by atoms with Gasteiger partial charge >= 0.3 is 0 Å². The van der Waals surface area contributed by atoms with Crippen molar-refractivity contribution in [2.45, 2.75) is 46.2 Å². The van der Waals surface area contributed by atoms with E-state index < -0.39 is 0 Å². The van der Waals surface area contributed by atoms with Gasteiger partial charge in [0.05, 0.1) is 10.7 Å². The first-order chi connectivity index (χ1) is 9.09. The lowest BCUT2D eigenvalue weighted by Crippen LogP contribution is -2.29. The minimum absolute atomic E-state index is 0.601. The van der Waals surface area contributed by atoms with E-state index in [1.165, 1.54) is 24.1 Å². The van der Waals surface area contributed by atoms with Crippen LogP contribution in [0.2, 0.25) is 5.02 Å². The second-order valence-corrected chi connectivity index (χ2v) is 6.36. The monoisotopic (exact) mass is 280 g/mol. The van der Waals surface area contributed by atoms with E-state index in [1.807, 2.05) is 6.07 Å². The molecule has 1 aromatic rings. The molecule has 0 amide bonds. The van der Waals surface area contributed by atoms with Crippen LogP contribution < -0.4 is 10.2 Å². The van der Waals surface area contributed by atoms with Gasteiger partial charge in [-0.1, -0.05) is 37.6 Å². The molecule has 1 fully saturated rings. The van der Waals surface area contributed by atoms with Gasteiger partial charge in [0.1, 0.15) is 0 Å². The molecule has 1 atom stereocenters. The molecule has 19 heavy (non-hydrogen) atoms. The summed E-state index contributed by atoms with van der Waals surface area (Å²) >= 11 is 6.45. The van der Waals surface area contributed by atoms with E-state index in [0.29, 0.717) is 12.0 Å². The molecular formula is C16H25ClN2. The second kappa shape index (κ2) is 6.62. The average molecular weight is 281 g/mol. The van der Waals surface area contributed by atoms with E-state index >= 15 is 0 Å². The van der Waals surface area contributed by atoms with Crippen molar-refractivity contribution in [3.05, 3.63) is 28.8 Å². The molecule has 1 aliphatic heterocycles. The highest BCUT2D eigenvalue weighted by atomic mass is 35.5. The smallest absolute Gasteiger partial charge is 0.0643 e. The SMILES string of the molecule is CC(C)CNCc1cccc(Cl)c1N1CCCC1C. The van der Waals surface area contributed by atoms with Crippen molar-refractivity contribution in [3.63, 3.8) is 0 Å². The molecule has 0 saturated carbocycles. The number of rotatable bonds is 5. The zero-order valence-electron chi connectivity index (χ0n) is 12.2. The van der Waals surface area contributed by atoms with Gasteiger partial charge in [-0.15, -0.1) is 0 Å². The first-order valence-corrected chi connectivity index (χ1v) is 7.72. The number of nitrogens with one attached hydrogen (secondary N) is 1. The van der Waals surface area contributed by atoms with Crippen LogP contribution in [0.5, 0.6) is 0 Å². The zero-order chi connectivity index (χ0) is 13.8. The summed E-state index contributed by atoms with van der Waals surface area (Å²) in [5, 5.41) is 4.41. The van der Waals surface area contributed by atoms with Crippen molar-refractivity contribution >= 4 is 17.3 Å². The van der Waals surface area contributed by atoms with Gasteiger partial charge in [-0.05, 0) is 43.9 Å². The lowest BCUT2D eigenvalue weighted by molar-refractivity contribution is 0.551. The Morgan fingerprint density at radius 3 is 2.84 bits per heavy atom. The molecule has 0 spiro atoms. The molecular weight excluding hydrogens is 256 g/mol. The number of halogens is 1. The van der Waals surface area contributed by atoms with Gasteiger partial charge < -0.3 is 10.2 Å². The molecule has 1 N–H and O–H groups in total. The van der Waals surface area contributed by atoms with Gasteiger partial charge in [0.15, 0.2) is 0 Å². The lowest BCUT2D eigenvalue weighted by Gasteiger charge is -2.27. The molecule has 0 aliphatic carbocycles. The van der Waals surface area contributed by atoms with Crippen LogP contribution >= 0.6 is 11.6 Å². The summed E-state index contributed by atoms with van der Waals surface area (Å²) in [5.41, 5.74) is 2.56. The Balaban J connectivity index is 2.16. The highest BCUT2D eigenvalue weighted by Gasteiger charge is 2.24. The zero-order valence-corrected chi connectivity index (χ0v) is 13.0. The third kappa shape index (κ3) is 3.64. The molecule has 3 heteroatoms. The fraction of sp³-hybridized carbons (Fsp3) is 0.625. The molecule has 0 bridgehead atoms. The molecule has 2 rings (SSSR count). The summed E-state index contributed by atoms with van der Waals surface area (Å²) in [6, 6.07) is 6.86. The van der Waals surface area contributed by atoms with Crippen LogP contribution in [-0.2, 0) is 6.54 Å². The molecule has 1 heterocycles. The van der Waals surface area contributed by atoms with Gasteiger partial charge in [-0.25, -0.2) is 0 Å². The van der Waals surface area contributed by atoms with Crippen LogP contribution in [0.3, 0.4) is 0 Å². The summed E-state index contributed by atoms with van der Waals surface area (Å²) in [6.07, 6.45) is 2.54. The van der Waals surface area contributed by atoms with Crippen molar-refractivity contribution in [3.8, 4) is 0 Å². The van der Waals surface area contributed by atoms with Crippen molar-refractivity contribution < 1.29 is 0 Å². The third-order valence-corrected chi connectivity index (χ3v) is 4.08. The highest BCUT2D eigenvalue weighted by Crippen LogP contribution is 2.34. The maximum absolute atomic E-state index is 6.45. The maximum Gasteiger partial charge on any atom is 0.0643 e. The molecule has 106 valence electrons. The first-order valence-electron chi connectivity index (χ1n) is 7.34. The largest absolute Gasteiger partial charge is 0.367 e. The predicted octanol–water partition coefficient (Wildman–Crippen LogP) is 4.07. The molecule has 1 aromatic carbocycles. The fourth-order valence-corrected chi connectivity index (χ4v) is 3.09. The van der Waals surface area contributed by atoms with Crippen LogP contribution in [0.15, 0.2) is 18.2 Å². The Morgan fingerprint density at radius 1 is 1.42 bits per heavy atom. The Hall–Kier alpha value is -0.730. The van der Waals surface area contributed by atoms with E-state index in [1.54, 1.807) is 0 Å². The molecule has 1 saturated heterocycles. The topological polar surface area (TPSA) is 15.3 Å². The van der Waals surface area contributed by atoms with Crippen LogP contribution in [0, 0.1) is 5.92 Å². The van der Waals surface area contributed by atoms with Crippen LogP contribution in [-0.4, -0.2) is 19.1 Å². The molecule has 2 nitrogen and oxygen atoms in total. The van der Waals surface area contributed by atoms with Gasteiger partial charge in [-0.2, -0.15) is 0 Å². The van der Waals surface area contributed by atoms with E-state index in [2.05, 4.69) is 43.1 Å². The van der Waals surface area contributed by atoms with Gasteiger partial charge in [0, 0.05) is 19.1 Å². The number of para-hydroxylation sites is 1. The third-order valence-electron chi connectivity index (χ3n) is 3.78. The summed E-state index contributed by atoms with van der Waals surface area (Å²) in [7, 11) is 0. The summed E-state index contributed by atoms with van der Waals surface area (Å²) in [4.78, 5) is 2.47. The normalized spacial score (nSPS) is 19.4. The minimum atomic E-state index is 0.601. The van der Waals surface area contributed by atoms with Crippen LogP contribution in [0.25, 0.3) is 0 Å². The standard InChI is InChI=1S/C16H25ClN2/c1-12(2)10-18-11-14-7-4-8-15(17)16(14)19-9-5-6-13(19)3/h4,7-8,12-13,18H,5-6,9-11H2,1-3H3. The number of benzene rings is 1. The van der Waals surface area contributed by atoms with Gasteiger partial charge in [-0.3, -0.25) is 0 Å². The Morgan fingerprint density at radius 2 is 2.21 bits per heavy atom. The van der Waals surface area contributed by atoms with Crippen molar-refractivity contribution in [1.29, 1.82) is 0 Å². The van der Waals surface area contributed by atoms with Gasteiger partial charge in [0.25, 0.3) is 0 Å². The summed E-state index contributed by atoms with van der Waals surface area (Å²) < 4.78 is 0. The van der Waals surface area contributed by atoms with Gasteiger partial charge in [0.2, 0.25) is 0 Å². The Kier molecular flexibility index (Phi) is 5.12. The summed E-state index contributed by atoms with van der Waals surface area (Å²) in [5.74, 6) is 0.674. The average Bonchev–Trinajstić information content (AvgIpc) is 2.75. The number of anilines is 1. The first kappa shape index (κ1) is 14.7. The predicted molar refractivity (Wildman–Crippen MR) is 84.0 cm³/mol. The van der Waals surface area contributed by atoms with E-state index in [0.717, 1.165) is 24.7 Å². The number of hydrogen-bond donors (Lipinski definition) is 1. The lowest BCUT2D eigenvalue weighted by atomic mass is 10.1. The maximum atomic E-state index is 6.45. The Bertz CT molecular complexity index is 417. The highest BCUT2D eigenvalue weighted by molar-refractivity contribution is 6.33. The van der Waals surface area contributed by atoms with E-state index in [-0.39, 0.29) is 0 Å². The van der Waals surface area contributed by atoms with Crippen molar-refractivity contribution in [2.75, 3.05) is 18.0 Å². The molecule has 0 aromatic heterocycles. The van der Waals surface area contributed by atoms with E-state index in [4.69, 9.17) is 11.6 Å². The molecule has 0 radical (unpaired) electrons. The fourth-order valence-electron chi connectivity index (χ4n) is 2.79. The van der Waals surface area contributed by atoms with Crippen molar-refractivity contribution in [2.24, 2.45) is 5.92 Å². The molecule has 1 unspecified atom stereocenters. The van der Waals surface area contributed by atoms with E-state index in [9.17, 15) is 0 Å². The minimum Gasteiger partial charge on any atom is -0.367 e. The van der Waals surface area contributed by atoms with Crippen LogP contribution in [0.1, 0.15) is 39.2 Å². The number of nitrogens with zero attached hydrogens (tertiary/aromatic N) is 1. The number of hydrogen-bond acceptors (Lipinski definition) is 2. The Labute approximate surface area is 122 Å².